The van der Waals surface area contributed by atoms with Gasteiger partial charge in [-0.05, 0) is 13.0 Å². The van der Waals surface area contributed by atoms with Crippen LogP contribution in [-0.4, -0.2) is 14.9 Å². The van der Waals surface area contributed by atoms with Crippen molar-refractivity contribution in [3.8, 4) is 22.8 Å². The number of benzene rings is 2. The van der Waals surface area contributed by atoms with Crippen LogP contribution in [0, 0.1) is 6.92 Å². The van der Waals surface area contributed by atoms with Gasteiger partial charge in [0, 0.05) is 11.1 Å². The van der Waals surface area contributed by atoms with E-state index in [0.717, 1.165) is 11.1 Å². The number of aryl methyl sites for hydroxylation is 1. The SMILES string of the molecule is Cc1cccc(-c2nnc(-c3ccccc3)n2N)c1. The molecule has 4 nitrogen and oxygen atoms in total. The van der Waals surface area contributed by atoms with Gasteiger partial charge in [-0.1, -0.05) is 54.1 Å². The topological polar surface area (TPSA) is 56.7 Å². The van der Waals surface area contributed by atoms with E-state index in [0.29, 0.717) is 11.6 Å². The molecule has 3 rings (SSSR count). The number of nitrogens with two attached hydrogens (primary N) is 1. The van der Waals surface area contributed by atoms with E-state index in [1.807, 2.05) is 61.5 Å². The number of nitrogens with zero attached hydrogens (tertiary/aromatic N) is 3. The van der Waals surface area contributed by atoms with Crippen molar-refractivity contribution in [1.82, 2.24) is 14.9 Å². The molecular formula is C15H14N4. The van der Waals surface area contributed by atoms with Crippen molar-refractivity contribution < 1.29 is 0 Å². The van der Waals surface area contributed by atoms with Gasteiger partial charge in [-0.15, -0.1) is 10.2 Å². The molecule has 0 aliphatic carbocycles. The summed E-state index contributed by atoms with van der Waals surface area (Å²) in [5.41, 5.74) is 3.09. The summed E-state index contributed by atoms with van der Waals surface area (Å²) in [7, 11) is 0. The highest BCUT2D eigenvalue weighted by atomic mass is 15.4. The molecule has 0 aliphatic rings. The molecule has 2 N–H and O–H groups in total. The van der Waals surface area contributed by atoms with E-state index in [1.54, 1.807) is 0 Å². The van der Waals surface area contributed by atoms with E-state index >= 15 is 0 Å². The minimum atomic E-state index is 0.664. The van der Waals surface area contributed by atoms with Gasteiger partial charge in [0.25, 0.3) is 0 Å². The molecule has 1 aromatic heterocycles. The van der Waals surface area contributed by atoms with Crippen LogP contribution in [0.4, 0.5) is 0 Å². The molecule has 3 aromatic rings. The van der Waals surface area contributed by atoms with Crippen LogP contribution in [-0.2, 0) is 0 Å². The molecule has 0 aliphatic heterocycles. The molecule has 0 bridgehead atoms. The second-order valence-corrected chi connectivity index (χ2v) is 4.45. The Labute approximate surface area is 111 Å². The first-order valence-corrected chi connectivity index (χ1v) is 6.08. The second kappa shape index (κ2) is 4.57. The van der Waals surface area contributed by atoms with E-state index in [-0.39, 0.29) is 0 Å². The van der Waals surface area contributed by atoms with Crippen LogP contribution in [0.5, 0.6) is 0 Å². The molecule has 19 heavy (non-hydrogen) atoms. The summed E-state index contributed by atoms with van der Waals surface area (Å²) < 4.78 is 1.53. The van der Waals surface area contributed by atoms with Crippen LogP contribution < -0.4 is 5.84 Å². The third kappa shape index (κ3) is 2.08. The molecule has 1 heterocycles. The Morgan fingerprint density at radius 3 is 2.16 bits per heavy atom. The van der Waals surface area contributed by atoms with Gasteiger partial charge in [-0.3, -0.25) is 0 Å². The molecule has 4 heteroatoms. The van der Waals surface area contributed by atoms with Crippen molar-refractivity contribution in [1.29, 1.82) is 0 Å². The van der Waals surface area contributed by atoms with E-state index in [9.17, 15) is 0 Å². The van der Waals surface area contributed by atoms with Crippen molar-refractivity contribution >= 4 is 0 Å². The molecule has 2 aromatic carbocycles. The van der Waals surface area contributed by atoms with Crippen molar-refractivity contribution in [3.63, 3.8) is 0 Å². The summed E-state index contributed by atoms with van der Waals surface area (Å²) in [6, 6.07) is 17.9. The maximum Gasteiger partial charge on any atom is 0.182 e. The summed E-state index contributed by atoms with van der Waals surface area (Å²) in [5, 5.41) is 8.37. The smallest absolute Gasteiger partial charge is 0.182 e. The van der Waals surface area contributed by atoms with Crippen LogP contribution in [0.2, 0.25) is 0 Å². The fourth-order valence-corrected chi connectivity index (χ4v) is 2.06. The predicted molar refractivity (Wildman–Crippen MR) is 75.8 cm³/mol. The predicted octanol–water partition coefficient (Wildman–Crippen LogP) is 2.63. The molecule has 0 unspecified atom stereocenters. The van der Waals surface area contributed by atoms with Crippen LogP contribution in [0.25, 0.3) is 22.8 Å². The first kappa shape index (κ1) is 11.5. The first-order valence-electron chi connectivity index (χ1n) is 6.08. The van der Waals surface area contributed by atoms with Crippen molar-refractivity contribution in [3.05, 3.63) is 60.2 Å². The maximum absolute atomic E-state index is 6.11. The Balaban J connectivity index is 2.09. The maximum atomic E-state index is 6.11. The molecule has 94 valence electrons. The Hall–Kier alpha value is -2.62. The lowest BCUT2D eigenvalue weighted by molar-refractivity contribution is 1.02. The highest BCUT2D eigenvalue weighted by molar-refractivity contribution is 5.63. The zero-order valence-electron chi connectivity index (χ0n) is 10.6. The van der Waals surface area contributed by atoms with Gasteiger partial charge < -0.3 is 5.84 Å². The lowest BCUT2D eigenvalue weighted by atomic mass is 10.1. The number of nitrogen functional groups attached to an aromatic ring is 1. The van der Waals surface area contributed by atoms with Crippen LogP contribution in [0.1, 0.15) is 5.56 Å². The fraction of sp³-hybridized carbons (Fsp3) is 0.0667. The third-order valence-corrected chi connectivity index (χ3v) is 3.00. The average Bonchev–Trinajstić information content (AvgIpc) is 2.81. The van der Waals surface area contributed by atoms with Crippen LogP contribution >= 0.6 is 0 Å². The second-order valence-electron chi connectivity index (χ2n) is 4.45. The molecule has 0 fully saturated rings. The molecule has 0 saturated heterocycles. The first-order chi connectivity index (χ1) is 9.25. The largest absolute Gasteiger partial charge is 0.336 e. The van der Waals surface area contributed by atoms with Gasteiger partial charge in [-0.2, -0.15) is 0 Å². The van der Waals surface area contributed by atoms with Gasteiger partial charge >= 0.3 is 0 Å². The highest BCUT2D eigenvalue weighted by Crippen LogP contribution is 2.22. The summed E-state index contributed by atoms with van der Waals surface area (Å²) in [6.45, 7) is 2.04. The van der Waals surface area contributed by atoms with E-state index in [1.165, 1.54) is 10.2 Å². The highest BCUT2D eigenvalue weighted by Gasteiger charge is 2.12. The number of aromatic nitrogens is 3. The monoisotopic (exact) mass is 250 g/mol. The zero-order chi connectivity index (χ0) is 13.2. The van der Waals surface area contributed by atoms with Crippen LogP contribution in [0.3, 0.4) is 0 Å². The van der Waals surface area contributed by atoms with Gasteiger partial charge in [0.2, 0.25) is 0 Å². The van der Waals surface area contributed by atoms with Crippen LogP contribution in [0.15, 0.2) is 54.6 Å². The Morgan fingerprint density at radius 1 is 0.842 bits per heavy atom. The molecule has 0 saturated carbocycles. The van der Waals surface area contributed by atoms with Crippen molar-refractivity contribution in [2.24, 2.45) is 0 Å². The zero-order valence-corrected chi connectivity index (χ0v) is 10.6. The van der Waals surface area contributed by atoms with Gasteiger partial charge in [0.05, 0.1) is 0 Å². The van der Waals surface area contributed by atoms with Gasteiger partial charge in [-0.25, -0.2) is 4.68 Å². The normalized spacial score (nSPS) is 10.6. The van der Waals surface area contributed by atoms with Crippen molar-refractivity contribution in [2.75, 3.05) is 5.84 Å². The Morgan fingerprint density at radius 2 is 1.47 bits per heavy atom. The Bertz CT molecular complexity index is 701. The van der Waals surface area contributed by atoms with E-state index < -0.39 is 0 Å². The van der Waals surface area contributed by atoms with Gasteiger partial charge in [0.15, 0.2) is 11.6 Å². The Kier molecular flexibility index (Phi) is 2.76. The minimum absolute atomic E-state index is 0.664. The third-order valence-electron chi connectivity index (χ3n) is 3.00. The quantitative estimate of drug-likeness (QED) is 0.711. The molecule has 0 amide bonds. The van der Waals surface area contributed by atoms with Gasteiger partial charge in [0.1, 0.15) is 0 Å². The van der Waals surface area contributed by atoms with Crippen molar-refractivity contribution in [2.45, 2.75) is 6.92 Å². The number of rotatable bonds is 2. The molecule has 0 atom stereocenters. The summed E-state index contributed by atoms with van der Waals surface area (Å²) in [6.07, 6.45) is 0. The molecule has 0 radical (unpaired) electrons. The number of hydrogen-bond acceptors (Lipinski definition) is 3. The minimum Gasteiger partial charge on any atom is -0.336 e. The lowest BCUT2D eigenvalue weighted by Crippen LogP contribution is -2.11. The average molecular weight is 250 g/mol. The standard InChI is InChI=1S/C15H14N4/c1-11-6-5-9-13(10-11)15-18-17-14(19(15)16)12-7-3-2-4-8-12/h2-10H,16H2,1H3. The van der Waals surface area contributed by atoms with E-state index in [4.69, 9.17) is 5.84 Å². The summed E-state index contributed by atoms with van der Waals surface area (Å²) in [5.74, 6) is 7.44. The molecular weight excluding hydrogens is 236 g/mol. The summed E-state index contributed by atoms with van der Waals surface area (Å²) in [4.78, 5) is 0. The number of hydrogen-bond donors (Lipinski definition) is 1. The lowest BCUT2D eigenvalue weighted by Gasteiger charge is -2.04. The summed E-state index contributed by atoms with van der Waals surface area (Å²) >= 11 is 0. The molecule has 0 spiro atoms. The van der Waals surface area contributed by atoms with E-state index in [2.05, 4.69) is 10.2 Å². The fourth-order valence-electron chi connectivity index (χ4n) is 2.06.